The van der Waals surface area contributed by atoms with Crippen LogP contribution in [0.1, 0.15) is 34.1 Å². The summed E-state index contributed by atoms with van der Waals surface area (Å²) in [7, 11) is 1.47. The Morgan fingerprint density at radius 1 is 1.30 bits per heavy atom. The largest absolute Gasteiger partial charge is 0.457 e. The van der Waals surface area contributed by atoms with E-state index in [1.54, 1.807) is 6.92 Å². The monoisotopic (exact) mass is 419 g/mol. The Balaban J connectivity index is 1.87. The molecular weight excluding hydrogens is 386 g/mol. The second-order valence-corrected chi connectivity index (χ2v) is 9.50. The molecule has 0 radical (unpaired) electrons. The number of carbonyl (C=O) groups is 2. The van der Waals surface area contributed by atoms with E-state index in [2.05, 4.69) is 6.08 Å². The predicted octanol–water partition coefficient (Wildman–Crippen LogP) is 1.38. The third kappa shape index (κ3) is 2.93. The van der Waals surface area contributed by atoms with Crippen LogP contribution in [-0.2, 0) is 23.8 Å². The van der Waals surface area contributed by atoms with Gasteiger partial charge in [0.1, 0.15) is 17.5 Å². The van der Waals surface area contributed by atoms with Crippen molar-refractivity contribution in [1.82, 2.24) is 0 Å². The van der Waals surface area contributed by atoms with Gasteiger partial charge in [0.2, 0.25) is 0 Å². The Bertz CT molecular complexity index is 791. The molecule has 2 aliphatic heterocycles. The van der Waals surface area contributed by atoms with Gasteiger partial charge in [-0.2, -0.15) is 0 Å². The van der Waals surface area contributed by atoms with E-state index in [-0.39, 0.29) is 47.5 Å². The molecule has 1 saturated heterocycles. The lowest BCUT2D eigenvalue weighted by molar-refractivity contribution is -0.171. The number of nitrogens with two attached hydrogens (primary N) is 1. The van der Waals surface area contributed by atoms with Crippen molar-refractivity contribution in [3.63, 3.8) is 0 Å². The van der Waals surface area contributed by atoms with Gasteiger partial charge in [0.05, 0.1) is 18.1 Å². The molecule has 4 rings (SSSR count). The van der Waals surface area contributed by atoms with E-state index in [9.17, 15) is 14.7 Å². The van der Waals surface area contributed by atoms with Crippen LogP contribution < -0.4 is 5.73 Å². The number of methoxy groups -OCH3 is 1. The first-order valence-electron chi connectivity index (χ1n) is 10.9. The molecule has 2 heterocycles. The second kappa shape index (κ2) is 7.55. The van der Waals surface area contributed by atoms with E-state index in [0.717, 1.165) is 5.57 Å². The van der Waals surface area contributed by atoms with Crippen LogP contribution in [-0.4, -0.2) is 60.0 Å². The zero-order valence-electron chi connectivity index (χ0n) is 18.3. The molecule has 1 saturated carbocycles. The van der Waals surface area contributed by atoms with Crippen LogP contribution in [0.2, 0.25) is 0 Å². The zero-order chi connectivity index (χ0) is 22.0. The van der Waals surface area contributed by atoms with Crippen LogP contribution in [0.5, 0.6) is 0 Å². The molecule has 7 heteroatoms. The Labute approximate surface area is 177 Å². The van der Waals surface area contributed by atoms with E-state index in [1.807, 2.05) is 32.9 Å². The molecule has 1 spiro atoms. The van der Waals surface area contributed by atoms with E-state index in [1.165, 1.54) is 7.11 Å². The highest BCUT2D eigenvalue weighted by Gasteiger charge is 2.67. The van der Waals surface area contributed by atoms with Crippen molar-refractivity contribution in [3.05, 3.63) is 23.8 Å². The van der Waals surface area contributed by atoms with E-state index in [4.69, 9.17) is 19.9 Å². The molecule has 4 aliphatic rings. The van der Waals surface area contributed by atoms with Crippen LogP contribution in [0.4, 0.5) is 0 Å². The number of hydrogen-bond acceptors (Lipinski definition) is 7. The topological polar surface area (TPSA) is 108 Å². The minimum absolute atomic E-state index is 0.0675. The van der Waals surface area contributed by atoms with Crippen LogP contribution in [0.3, 0.4) is 0 Å². The first-order chi connectivity index (χ1) is 14.1. The fraction of sp³-hybridized carbons (Fsp3) is 0.739. The number of aliphatic hydroxyl groups is 1. The first-order valence-corrected chi connectivity index (χ1v) is 10.9. The summed E-state index contributed by atoms with van der Waals surface area (Å²) in [6, 6.07) is -0.365. The van der Waals surface area contributed by atoms with Crippen molar-refractivity contribution >= 4 is 11.8 Å². The third-order valence-corrected chi connectivity index (χ3v) is 7.78. The van der Waals surface area contributed by atoms with Gasteiger partial charge in [-0.1, -0.05) is 32.1 Å². The molecule has 0 amide bonds. The van der Waals surface area contributed by atoms with Gasteiger partial charge in [-0.05, 0) is 25.8 Å². The Morgan fingerprint density at radius 3 is 2.63 bits per heavy atom. The maximum absolute atomic E-state index is 13.4. The molecule has 2 aliphatic carbocycles. The number of aliphatic hydroxyl groups excluding tert-OH is 1. The lowest BCUT2D eigenvalue weighted by atomic mass is 9.58. The van der Waals surface area contributed by atoms with Gasteiger partial charge in [0.25, 0.3) is 0 Å². The van der Waals surface area contributed by atoms with Gasteiger partial charge in [-0.15, -0.1) is 0 Å². The molecule has 2 fully saturated rings. The smallest absolute Gasteiger partial charge is 0.335 e. The van der Waals surface area contributed by atoms with Crippen molar-refractivity contribution in [3.8, 4) is 0 Å². The summed E-state index contributed by atoms with van der Waals surface area (Å²) in [6.07, 6.45) is 3.79. The van der Waals surface area contributed by atoms with Crippen LogP contribution >= 0.6 is 0 Å². The number of hydrogen-bond donors (Lipinski definition) is 2. The first kappa shape index (κ1) is 21.7. The Morgan fingerprint density at radius 2 is 2.00 bits per heavy atom. The van der Waals surface area contributed by atoms with Gasteiger partial charge < -0.3 is 25.1 Å². The van der Waals surface area contributed by atoms with Crippen molar-refractivity contribution in [2.75, 3.05) is 7.11 Å². The number of ether oxygens (including phenoxy) is 3. The molecule has 0 aromatic carbocycles. The number of carbonyl (C=O) groups excluding carboxylic acids is 2. The van der Waals surface area contributed by atoms with Crippen molar-refractivity contribution < 1.29 is 28.9 Å². The number of Topliss-reactive ketones (excluding diaryl/α,β-unsaturated/α-hetero) is 1. The summed E-state index contributed by atoms with van der Waals surface area (Å²) in [4.78, 5) is 26.3. The molecule has 3 N–H and O–H groups in total. The summed E-state index contributed by atoms with van der Waals surface area (Å²) in [5.74, 6) is -1.57. The molecule has 166 valence electrons. The van der Waals surface area contributed by atoms with Crippen LogP contribution in [0, 0.1) is 29.6 Å². The van der Waals surface area contributed by atoms with Gasteiger partial charge in [0.15, 0.2) is 6.10 Å². The second-order valence-electron chi connectivity index (χ2n) is 9.50. The normalized spacial score (nSPS) is 50.9. The maximum atomic E-state index is 13.4. The number of cyclic esters (lactones) is 1. The number of rotatable bonds is 2. The van der Waals surface area contributed by atoms with Crippen LogP contribution in [0.25, 0.3) is 0 Å². The van der Waals surface area contributed by atoms with E-state index < -0.39 is 29.9 Å². The standard InChI is InChI=1S/C23H33NO6/c1-10-8-11(2)23-14(9-16(28-5)22(27)29-20(10)13(4)25)6-7-15-17(23)19(26)12(3)18(24)21(15)30-23/h6-8,10,12-18,20-21,25H,9,24H2,1-5H3/b11-8-/t10-,12+,13-,14-,15-,16+,17+,18+,20+,21+,23+/m1/s1. The van der Waals surface area contributed by atoms with Crippen LogP contribution in [0.15, 0.2) is 23.8 Å². The van der Waals surface area contributed by atoms with Gasteiger partial charge in [-0.25, -0.2) is 4.79 Å². The fourth-order valence-corrected chi connectivity index (χ4v) is 6.17. The molecule has 30 heavy (non-hydrogen) atoms. The minimum Gasteiger partial charge on any atom is -0.457 e. The number of ketones is 1. The molecule has 0 aromatic rings. The van der Waals surface area contributed by atoms with Gasteiger partial charge in [-0.3, -0.25) is 4.79 Å². The average Bonchev–Trinajstić information content (AvgIpc) is 2.91. The number of esters is 1. The molecule has 4 bridgehead atoms. The molecular formula is C23H33NO6. The zero-order valence-corrected chi connectivity index (χ0v) is 18.3. The summed E-state index contributed by atoms with van der Waals surface area (Å²) in [5, 5.41) is 10.3. The van der Waals surface area contributed by atoms with E-state index >= 15 is 0 Å². The summed E-state index contributed by atoms with van der Waals surface area (Å²) < 4.78 is 17.9. The summed E-state index contributed by atoms with van der Waals surface area (Å²) in [6.45, 7) is 7.37. The minimum atomic E-state index is -0.866. The maximum Gasteiger partial charge on any atom is 0.335 e. The Kier molecular flexibility index (Phi) is 5.46. The lowest BCUT2D eigenvalue weighted by Gasteiger charge is -2.45. The molecule has 11 atom stereocenters. The highest BCUT2D eigenvalue weighted by Crippen LogP contribution is 2.59. The van der Waals surface area contributed by atoms with Crippen molar-refractivity contribution in [2.45, 2.75) is 70.2 Å². The SMILES string of the molecule is CO[C@H]1C[C@H]2C=C[C@H]3[C@@H]4O[C@]2(/C(C)=C\[C@@H](C)[C@@H]([C@@H](C)O)OC1=O)[C@@H]3C(=O)[C@@H](C)[C@@H]4N. The fourth-order valence-electron chi connectivity index (χ4n) is 6.17. The van der Waals surface area contributed by atoms with Gasteiger partial charge in [0, 0.05) is 36.8 Å². The molecule has 0 unspecified atom stereocenters. The average molecular weight is 420 g/mol. The molecule has 0 aromatic heterocycles. The van der Waals surface area contributed by atoms with Gasteiger partial charge >= 0.3 is 5.97 Å². The quantitative estimate of drug-likeness (QED) is 0.514. The summed E-state index contributed by atoms with van der Waals surface area (Å²) >= 11 is 0. The highest BCUT2D eigenvalue weighted by molar-refractivity contribution is 5.88. The van der Waals surface area contributed by atoms with E-state index in [0.29, 0.717) is 6.42 Å². The predicted molar refractivity (Wildman–Crippen MR) is 109 cm³/mol. The third-order valence-electron chi connectivity index (χ3n) is 7.78. The van der Waals surface area contributed by atoms with Crippen molar-refractivity contribution in [1.29, 1.82) is 0 Å². The Hall–Kier alpha value is -1.54. The lowest BCUT2D eigenvalue weighted by Crippen LogP contribution is -2.56. The highest BCUT2D eigenvalue weighted by atomic mass is 16.6. The molecule has 7 nitrogen and oxygen atoms in total. The van der Waals surface area contributed by atoms with Crippen molar-refractivity contribution in [2.24, 2.45) is 35.3 Å². The summed E-state index contributed by atoms with van der Waals surface area (Å²) in [5.41, 5.74) is 6.49.